The van der Waals surface area contributed by atoms with Crippen LogP contribution in [0.2, 0.25) is 0 Å². The molecule has 0 amide bonds. The number of aryl methyl sites for hydroxylation is 2. The Morgan fingerprint density at radius 2 is 2.21 bits per heavy atom. The van der Waals surface area contributed by atoms with Gasteiger partial charge in [-0.15, -0.1) is 11.3 Å². The van der Waals surface area contributed by atoms with Crippen molar-refractivity contribution < 1.29 is 4.74 Å². The van der Waals surface area contributed by atoms with Crippen molar-refractivity contribution in [1.29, 1.82) is 0 Å². The molecule has 1 saturated carbocycles. The van der Waals surface area contributed by atoms with Gasteiger partial charge in [-0.3, -0.25) is 0 Å². The first kappa shape index (κ1) is 13.5. The zero-order valence-corrected chi connectivity index (χ0v) is 12.6. The SMILES string of the molecule is Cc1ncsc1CCC1(CNC2CC2)CCOCC1. The number of hydrogen-bond acceptors (Lipinski definition) is 4. The minimum Gasteiger partial charge on any atom is -0.381 e. The van der Waals surface area contributed by atoms with Gasteiger partial charge in [-0.2, -0.15) is 0 Å². The third-order valence-corrected chi connectivity index (χ3v) is 5.62. The highest BCUT2D eigenvalue weighted by Gasteiger charge is 2.34. The van der Waals surface area contributed by atoms with Crippen LogP contribution in [0.4, 0.5) is 0 Å². The molecule has 3 nitrogen and oxygen atoms in total. The molecule has 1 aromatic heterocycles. The van der Waals surface area contributed by atoms with Crippen LogP contribution in [0.5, 0.6) is 0 Å². The normalized spacial score (nSPS) is 22.6. The third-order valence-electron chi connectivity index (χ3n) is 4.62. The van der Waals surface area contributed by atoms with E-state index in [1.54, 1.807) is 0 Å². The summed E-state index contributed by atoms with van der Waals surface area (Å²) in [5.41, 5.74) is 3.66. The molecule has 1 saturated heterocycles. The Kier molecular flexibility index (Phi) is 4.20. The molecular weight excluding hydrogens is 256 g/mol. The average Bonchev–Trinajstić information content (AvgIpc) is 3.18. The molecule has 1 aromatic rings. The zero-order valence-electron chi connectivity index (χ0n) is 11.8. The second-order valence-corrected chi connectivity index (χ2v) is 7.07. The lowest BCUT2D eigenvalue weighted by Gasteiger charge is -2.37. The number of thiazole rings is 1. The van der Waals surface area contributed by atoms with E-state index in [1.807, 2.05) is 16.8 Å². The predicted molar refractivity (Wildman–Crippen MR) is 78.7 cm³/mol. The molecule has 0 bridgehead atoms. The van der Waals surface area contributed by atoms with Crippen LogP contribution in [-0.4, -0.2) is 30.8 Å². The minimum atomic E-state index is 0.456. The number of nitrogens with one attached hydrogen (secondary N) is 1. The van der Waals surface area contributed by atoms with Gasteiger partial charge in [0.2, 0.25) is 0 Å². The summed E-state index contributed by atoms with van der Waals surface area (Å²) in [7, 11) is 0. The Morgan fingerprint density at radius 1 is 1.42 bits per heavy atom. The number of rotatable bonds is 6. The third kappa shape index (κ3) is 3.56. The van der Waals surface area contributed by atoms with E-state index in [4.69, 9.17) is 4.74 Å². The fraction of sp³-hybridized carbons (Fsp3) is 0.800. The molecule has 3 rings (SSSR count). The van der Waals surface area contributed by atoms with Crippen molar-refractivity contribution in [1.82, 2.24) is 10.3 Å². The summed E-state index contributed by atoms with van der Waals surface area (Å²) in [5, 5.41) is 3.74. The van der Waals surface area contributed by atoms with E-state index < -0.39 is 0 Å². The van der Waals surface area contributed by atoms with E-state index in [1.165, 1.54) is 55.6 Å². The van der Waals surface area contributed by atoms with Crippen molar-refractivity contribution >= 4 is 11.3 Å². The van der Waals surface area contributed by atoms with Crippen molar-refractivity contribution in [2.24, 2.45) is 5.41 Å². The van der Waals surface area contributed by atoms with Crippen LogP contribution in [0.25, 0.3) is 0 Å². The summed E-state index contributed by atoms with van der Waals surface area (Å²) in [4.78, 5) is 5.84. The first-order chi connectivity index (χ1) is 9.27. The summed E-state index contributed by atoms with van der Waals surface area (Å²) in [6.45, 7) is 5.19. The van der Waals surface area contributed by atoms with Gasteiger partial charge >= 0.3 is 0 Å². The highest BCUT2D eigenvalue weighted by molar-refractivity contribution is 7.09. The molecule has 106 valence electrons. The molecule has 19 heavy (non-hydrogen) atoms. The van der Waals surface area contributed by atoms with Crippen LogP contribution in [0.1, 0.15) is 42.7 Å². The summed E-state index contributed by atoms with van der Waals surface area (Å²) in [6.07, 6.45) is 7.64. The number of nitrogens with zero attached hydrogens (tertiary/aromatic N) is 1. The lowest BCUT2D eigenvalue weighted by molar-refractivity contribution is 0.0105. The standard InChI is InChI=1S/C15H24N2OS/c1-12-14(19-11-17-12)4-5-15(6-8-18-9-7-15)10-16-13-2-3-13/h11,13,16H,2-10H2,1H3. The summed E-state index contributed by atoms with van der Waals surface area (Å²) in [6, 6.07) is 0.810. The number of hydrogen-bond donors (Lipinski definition) is 1. The Labute approximate surface area is 119 Å². The average molecular weight is 280 g/mol. The van der Waals surface area contributed by atoms with E-state index in [0.717, 1.165) is 19.3 Å². The van der Waals surface area contributed by atoms with Crippen molar-refractivity contribution in [3.63, 3.8) is 0 Å². The quantitative estimate of drug-likeness (QED) is 0.870. The van der Waals surface area contributed by atoms with Gasteiger partial charge in [-0.05, 0) is 50.9 Å². The van der Waals surface area contributed by atoms with Gasteiger partial charge in [-0.25, -0.2) is 4.98 Å². The van der Waals surface area contributed by atoms with E-state index in [-0.39, 0.29) is 0 Å². The first-order valence-electron chi connectivity index (χ1n) is 7.48. The van der Waals surface area contributed by atoms with Gasteiger partial charge in [0.15, 0.2) is 0 Å². The second-order valence-electron chi connectivity index (χ2n) is 6.13. The summed E-state index contributed by atoms with van der Waals surface area (Å²) in [5.74, 6) is 0. The number of ether oxygens (including phenoxy) is 1. The lowest BCUT2D eigenvalue weighted by atomic mass is 9.76. The van der Waals surface area contributed by atoms with Crippen molar-refractivity contribution in [2.45, 2.75) is 51.5 Å². The van der Waals surface area contributed by atoms with Crippen molar-refractivity contribution in [3.8, 4) is 0 Å². The molecule has 0 aromatic carbocycles. The second kappa shape index (κ2) is 5.90. The fourth-order valence-corrected chi connectivity index (χ4v) is 3.69. The molecule has 2 heterocycles. The van der Waals surface area contributed by atoms with Crippen LogP contribution in [0.3, 0.4) is 0 Å². The Balaban J connectivity index is 1.59. The lowest BCUT2D eigenvalue weighted by Crippen LogP contribution is -2.40. The Hall–Kier alpha value is -0.450. The van der Waals surface area contributed by atoms with Crippen molar-refractivity contribution in [2.75, 3.05) is 19.8 Å². The molecule has 2 aliphatic rings. The van der Waals surface area contributed by atoms with Gasteiger partial charge in [0.1, 0.15) is 0 Å². The Bertz CT molecular complexity index is 408. The Morgan fingerprint density at radius 3 is 2.84 bits per heavy atom. The van der Waals surface area contributed by atoms with Crippen LogP contribution in [0, 0.1) is 12.3 Å². The highest BCUT2D eigenvalue weighted by Crippen LogP contribution is 2.36. The highest BCUT2D eigenvalue weighted by atomic mass is 32.1. The van der Waals surface area contributed by atoms with E-state index >= 15 is 0 Å². The molecule has 4 heteroatoms. The van der Waals surface area contributed by atoms with Crippen LogP contribution in [-0.2, 0) is 11.2 Å². The minimum absolute atomic E-state index is 0.456. The predicted octanol–water partition coefficient (Wildman–Crippen LogP) is 2.93. The largest absolute Gasteiger partial charge is 0.381 e. The summed E-state index contributed by atoms with van der Waals surface area (Å²) >= 11 is 1.81. The zero-order chi connectivity index (χ0) is 13.1. The topological polar surface area (TPSA) is 34.2 Å². The van der Waals surface area contributed by atoms with Gasteiger partial charge in [0, 0.05) is 30.7 Å². The maximum Gasteiger partial charge on any atom is 0.0797 e. The molecule has 0 spiro atoms. The molecule has 0 unspecified atom stereocenters. The maximum absolute atomic E-state index is 5.57. The molecular formula is C15H24N2OS. The molecule has 0 radical (unpaired) electrons. The smallest absolute Gasteiger partial charge is 0.0797 e. The van der Waals surface area contributed by atoms with Crippen molar-refractivity contribution in [3.05, 3.63) is 16.1 Å². The van der Waals surface area contributed by atoms with Gasteiger partial charge in [-0.1, -0.05) is 0 Å². The molecule has 1 N–H and O–H groups in total. The van der Waals surface area contributed by atoms with Crippen LogP contribution < -0.4 is 5.32 Å². The molecule has 1 aliphatic heterocycles. The first-order valence-corrected chi connectivity index (χ1v) is 8.36. The molecule has 1 aliphatic carbocycles. The monoisotopic (exact) mass is 280 g/mol. The van der Waals surface area contributed by atoms with E-state index in [2.05, 4.69) is 17.2 Å². The van der Waals surface area contributed by atoms with Gasteiger partial charge in [0.05, 0.1) is 11.2 Å². The molecule has 0 atom stereocenters. The van der Waals surface area contributed by atoms with Crippen LogP contribution >= 0.6 is 11.3 Å². The van der Waals surface area contributed by atoms with E-state index in [0.29, 0.717) is 5.41 Å². The number of aromatic nitrogens is 1. The van der Waals surface area contributed by atoms with Gasteiger partial charge < -0.3 is 10.1 Å². The van der Waals surface area contributed by atoms with E-state index in [9.17, 15) is 0 Å². The maximum atomic E-state index is 5.57. The van der Waals surface area contributed by atoms with Gasteiger partial charge in [0.25, 0.3) is 0 Å². The van der Waals surface area contributed by atoms with Crippen LogP contribution in [0.15, 0.2) is 5.51 Å². The molecule has 2 fully saturated rings. The summed E-state index contributed by atoms with van der Waals surface area (Å²) < 4.78 is 5.57. The fourth-order valence-electron chi connectivity index (χ4n) is 2.91.